The molecular weight excluding hydrogens is 283 g/mol. The fourth-order valence-electron chi connectivity index (χ4n) is 1.21. The van der Waals surface area contributed by atoms with Crippen molar-refractivity contribution < 1.29 is 13.2 Å². The van der Waals surface area contributed by atoms with E-state index >= 15 is 0 Å². The zero-order valence-corrected chi connectivity index (χ0v) is 10.2. The Morgan fingerprint density at radius 3 is 2.31 bits per heavy atom. The van der Waals surface area contributed by atoms with Crippen molar-refractivity contribution in [1.82, 2.24) is 5.32 Å². The molecule has 16 heavy (non-hydrogen) atoms. The maximum Gasteiger partial charge on any atom is 0.194 e. The SMILES string of the molecule is C=C(Br)CNC(C)c1cc(F)c(F)c(F)c1. The number of halogens is 4. The second-order valence-corrected chi connectivity index (χ2v) is 4.54. The third-order valence-electron chi connectivity index (χ3n) is 2.11. The summed E-state index contributed by atoms with van der Waals surface area (Å²) in [4.78, 5) is 0. The van der Waals surface area contributed by atoms with Crippen molar-refractivity contribution in [2.24, 2.45) is 0 Å². The Labute approximate surface area is 100 Å². The van der Waals surface area contributed by atoms with Crippen molar-refractivity contribution in [3.8, 4) is 0 Å². The summed E-state index contributed by atoms with van der Waals surface area (Å²) in [6.07, 6.45) is 0. The van der Waals surface area contributed by atoms with Gasteiger partial charge in [0.15, 0.2) is 17.5 Å². The molecule has 0 heterocycles. The number of hydrogen-bond acceptors (Lipinski definition) is 1. The normalized spacial score (nSPS) is 12.6. The predicted octanol–water partition coefficient (Wildman–Crippen LogP) is 3.66. The highest BCUT2D eigenvalue weighted by Gasteiger charge is 2.13. The monoisotopic (exact) mass is 293 g/mol. The van der Waals surface area contributed by atoms with Crippen LogP contribution in [-0.2, 0) is 0 Å². The van der Waals surface area contributed by atoms with Gasteiger partial charge >= 0.3 is 0 Å². The lowest BCUT2D eigenvalue weighted by Gasteiger charge is -2.14. The van der Waals surface area contributed by atoms with Gasteiger partial charge in [0.2, 0.25) is 0 Å². The molecule has 1 rings (SSSR count). The molecule has 1 nitrogen and oxygen atoms in total. The van der Waals surface area contributed by atoms with Crippen LogP contribution in [-0.4, -0.2) is 6.54 Å². The maximum atomic E-state index is 12.9. The Bertz CT molecular complexity index is 383. The quantitative estimate of drug-likeness (QED) is 0.836. The van der Waals surface area contributed by atoms with Gasteiger partial charge in [0, 0.05) is 17.1 Å². The van der Waals surface area contributed by atoms with Gasteiger partial charge in [-0.25, -0.2) is 13.2 Å². The van der Waals surface area contributed by atoms with Crippen LogP contribution >= 0.6 is 15.9 Å². The van der Waals surface area contributed by atoms with Crippen LogP contribution in [0.5, 0.6) is 0 Å². The Kier molecular flexibility index (Phi) is 4.56. The minimum Gasteiger partial charge on any atom is -0.306 e. The third kappa shape index (κ3) is 3.35. The minimum absolute atomic E-state index is 0.293. The molecule has 0 bridgehead atoms. The van der Waals surface area contributed by atoms with Gasteiger partial charge in [-0.3, -0.25) is 0 Å². The highest BCUT2D eigenvalue weighted by molar-refractivity contribution is 9.11. The van der Waals surface area contributed by atoms with Crippen LogP contribution in [0.1, 0.15) is 18.5 Å². The van der Waals surface area contributed by atoms with Crippen LogP contribution in [0.15, 0.2) is 23.2 Å². The lowest BCUT2D eigenvalue weighted by Crippen LogP contribution is -2.20. The van der Waals surface area contributed by atoms with E-state index in [0.29, 0.717) is 12.1 Å². The first-order valence-corrected chi connectivity index (χ1v) is 5.42. The molecule has 0 saturated carbocycles. The van der Waals surface area contributed by atoms with Crippen LogP contribution < -0.4 is 5.32 Å². The molecular formula is C11H11BrF3N. The van der Waals surface area contributed by atoms with Crippen molar-refractivity contribution in [1.29, 1.82) is 0 Å². The van der Waals surface area contributed by atoms with Crippen LogP contribution in [0.3, 0.4) is 0 Å². The van der Waals surface area contributed by atoms with Gasteiger partial charge in [0.05, 0.1) is 0 Å². The average Bonchev–Trinajstić information content (AvgIpc) is 2.21. The first-order chi connectivity index (χ1) is 7.41. The zero-order valence-electron chi connectivity index (χ0n) is 8.66. The van der Waals surface area contributed by atoms with Gasteiger partial charge in [-0.2, -0.15) is 0 Å². The van der Waals surface area contributed by atoms with E-state index in [1.165, 1.54) is 0 Å². The smallest absolute Gasteiger partial charge is 0.194 e. The van der Waals surface area contributed by atoms with Gasteiger partial charge in [-0.15, -0.1) is 0 Å². The van der Waals surface area contributed by atoms with Crippen LogP contribution in [0, 0.1) is 17.5 Å². The summed E-state index contributed by atoms with van der Waals surface area (Å²) in [7, 11) is 0. The Balaban J connectivity index is 2.84. The van der Waals surface area contributed by atoms with E-state index in [1.54, 1.807) is 6.92 Å². The van der Waals surface area contributed by atoms with Crippen molar-refractivity contribution in [2.75, 3.05) is 6.54 Å². The van der Waals surface area contributed by atoms with Gasteiger partial charge in [0.25, 0.3) is 0 Å². The summed E-state index contributed by atoms with van der Waals surface area (Å²) in [5.74, 6) is -3.80. The molecule has 0 aliphatic heterocycles. The zero-order chi connectivity index (χ0) is 12.3. The number of nitrogens with one attached hydrogen (secondary N) is 1. The lowest BCUT2D eigenvalue weighted by molar-refractivity contribution is 0.442. The summed E-state index contributed by atoms with van der Waals surface area (Å²) in [5, 5.41) is 2.97. The van der Waals surface area contributed by atoms with Gasteiger partial charge in [-0.1, -0.05) is 22.5 Å². The molecule has 1 atom stereocenters. The maximum absolute atomic E-state index is 12.9. The molecule has 1 aromatic carbocycles. The van der Waals surface area contributed by atoms with Crippen molar-refractivity contribution in [3.05, 3.63) is 46.2 Å². The molecule has 0 aromatic heterocycles. The highest BCUT2D eigenvalue weighted by Crippen LogP contribution is 2.19. The molecule has 1 aromatic rings. The van der Waals surface area contributed by atoms with Gasteiger partial charge in [-0.05, 0) is 24.6 Å². The summed E-state index contributed by atoms with van der Waals surface area (Å²) in [5.41, 5.74) is 0.352. The number of hydrogen-bond donors (Lipinski definition) is 1. The fourth-order valence-corrected chi connectivity index (χ4v) is 1.37. The van der Waals surface area contributed by atoms with E-state index in [1.807, 2.05) is 0 Å². The molecule has 0 spiro atoms. The van der Waals surface area contributed by atoms with E-state index in [-0.39, 0.29) is 6.04 Å². The molecule has 0 aliphatic carbocycles. The van der Waals surface area contributed by atoms with Gasteiger partial charge in [0.1, 0.15) is 0 Å². The molecule has 0 fully saturated rings. The molecule has 88 valence electrons. The van der Waals surface area contributed by atoms with Crippen LogP contribution in [0.4, 0.5) is 13.2 Å². The topological polar surface area (TPSA) is 12.0 Å². The second-order valence-electron chi connectivity index (χ2n) is 3.42. The van der Waals surface area contributed by atoms with E-state index in [0.717, 1.165) is 16.6 Å². The highest BCUT2D eigenvalue weighted by atomic mass is 79.9. The van der Waals surface area contributed by atoms with Gasteiger partial charge < -0.3 is 5.32 Å². The molecule has 1 N–H and O–H groups in total. The third-order valence-corrected chi connectivity index (χ3v) is 2.39. The van der Waals surface area contributed by atoms with E-state index in [4.69, 9.17) is 0 Å². The number of benzene rings is 1. The molecule has 0 amide bonds. The van der Waals surface area contributed by atoms with Crippen LogP contribution in [0.2, 0.25) is 0 Å². The summed E-state index contributed by atoms with van der Waals surface area (Å²) in [6.45, 7) is 5.80. The molecule has 0 radical (unpaired) electrons. The lowest BCUT2D eigenvalue weighted by atomic mass is 10.1. The minimum atomic E-state index is -1.44. The molecule has 5 heteroatoms. The van der Waals surface area contributed by atoms with Crippen molar-refractivity contribution >= 4 is 15.9 Å². The first kappa shape index (κ1) is 13.3. The number of rotatable bonds is 4. The summed E-state index contributed by atoms with van der Waals surface area (Å²) < 4.78 is 39.3. The average molecular weight is 294 g/mol. The largest absolute Gasteiger partial charge is 0.306 e. The van der Waals surface area contributed by atoms with Crippen molar-refractivity contribution in [2.45, 2.75) is 13.0 Å². The Morgan fingerprint density at radius 1 is 1.38 bits per heavy atom. The molecule has 1 unspecified atom stereocenters. The standard InChI is InChI=1S/C11H11BrF3N/c1-6(12)5-16-7(2)8-3-9(13)11(15)10(14)4-8/h3-4,7,16H,1,5H2,2H3. The Hall–Kier alpha value is -0.810. The predicted molar refractivity (Wildman–Crippen MR) is 60.8 cm³/mol. The first-order valence-electron chi connectivity index (χ1n) is 4.63. The summed E-state index contributed by atoms with van der Waals surface area (Å²) in [6, 6.07) is 1.67. The molecule has 0 aliphatic rings. The van der Waals surface area contributed by atoms with Crippen LogP contribution in [0.25, 0.3) is 0 Å². The van der Waals surface area contributed by atoms with E-state index < -0.39 is 17.5 Å². The fraction of sp³-hybridized carbons (Fsp3) is 0.273. The van der Waals surface area contributed by atoms with E-state index in [2.05, 4.69) is 27.8 Å². The summed E-state index contributed by atoms with van der Waals surface area (Å²) >= 11 is 3.15. The molecule has 0 saturated heterocycles. The Morgan fingerprint density at radius 2 is 1.88 bits per heavy atom. The van der Waals surface area contributed by atoms with Crippen molar-refractivity contribution in [3.63, 3.8) is 0 Å². The van der Waals surface area contributed by atoms with E-state index in [9.17, 15) is 13.2 Å². The second kappa shape index (κ2) is 5.50.